The van der Waals surface area contributed by atoms with Crippen molar-refractivity contribution in [2.75, 3.05) is 6.61 Å². The first-order valence-electron chi connectivity index (χ1n) is 10.6. The van der Waals surface area contributed by atoms with Gasteiger partial charge < -0.3 is 9.90 Å². The zero-order valence-electron chi connectivity index (χ0n) is 18.7. The Balaban J connectivity index is 0. The first-order chi connectivity index (χ1) is 15.8. The first-order valence-corrected chi connectivity index (χ1v) is 10.6. The van der Waals surface area contributed by atoms with Gasteiger partial charge in [0, 0.05) is 25.9 Å². The lowest BCUT2D eigenvalue weighted by Crippen LogP contribution is -2.20. The molecule has 1 N–H and O–H groups in total. The molecule has 0 saturated heterocycles. The Labute approximate surface area is 195 Å². The number of rotatable bonds is 14. The lowest BCUT2D eigenvalue weighted by molar-refractivity contribution is -0.139. The van der Waals surface area contributed by atoms with Gasteiger partial charge in [0.2, 0.25) is 0 Å². The van der Waals surface area contributed by atoms with Gasteiger partial charge in [0.15, 0.2) is 0 Å². The second kappa shape index (κ2) is 16.7. The van der Waals surface area contributed by atoms with E-state index in [-0.39, 0.29) is 19.4 Å². The van der Waals surface area contributed by atoms with E-state index in [4.69, 9.17) is 26.2 Å². The molecule has 0 aliphatic heterocycles. The number of carbonyl (C=O) groups excluding carboxylic acids is 1. The van der Waals surface area contributed by atoms with Gasteiger partial charge in [0.25, 0.3) is 0 Å². The number of nitriles is 4. The minimum absolute atomic E-state index is 0.00859. The van der Waals surface area contributed by atoms with Crippen molar-refractivity contribution in [1.82, 2.24) is 0 Å². The molecule has 0 bridgehead atoms. The van der Waals surface area contributed by atoms with E-state index in [0.717, 1.165) is 0 Å². The summed E-state index contributed by atoms with van der Waals surface area (Å²) < 4.78 is 72.3. The number of aliphatic hydroxyl groups excluding tert-OH is 1. The predicted octanol–water partition coefficient (Wildman–Crippen LogP) is 6.04. The molecular formula is C22H28F6N4O2. The van der Waals surface area contributed by atoms with E-state index in [2.05, 4.69) is 0 Å². The normalized spacial score (nSPS) is 11.7. The van der Waals surface area contributed by atoms with E-state index in [1.807, 2.05) is 0 Å². The number of halogens is 6. The highest BCUT2D eigenvalue weighted by atomic mass is 19.4. The van der Waals surface area contributed by atoms with Gasteiger partial charge in [-0.05, 0) is 38.5 Å². The average Bonchev–Trinajstić information content (AvgIpc) is 2.78. The molecule has 0 heterocycles. The minimum Gasteiger partial charge on any atom is -0.396 e. The molecule has 0 radical (unpaired) electrons. The molecule has 0 aliphatic carbocycles. The standard InChI is InChI=1S/C11H15F3N2O.C11H13F3N2O/c2*12-11(13,14)6-5-10(8-15,9-16)4-2-1-3-7-17/h17H,1-7H2;7H,1-6H2. The number of carbonyl (C=O) groups is 1. The minimum atomic E-state index is -4.36. The molecule has 0 aromatic rings. The van der Waals surface area contributed by atoms with Crippen LogP contribution in [0.3, 0.4) is 0 Å². The Morgan fingerprint density at radius 2 is 0.971 bits per heavy atom. The van der Waals surface area contributed by atoms with Crippen LogP contribution in [0.25, 0.3) is 0 Å². The summed E-state index contributed by atoms with van der Waals surface area (Å²) in [6.45, 7) is 0.00859. The summed E-state index contributed by atoms with van der Waals surface area (Å²) in [5.74, 6) is 0. The molecule has 0 fully saturated rings. The van der Waals surface area contributed by atoms with Gasteiger partial charge in [-0.3, -0.25) is 0 Å². The van der Waals surface area contributed by atoms with Crippen LogP contribution in [-0.4, -0.2) is 30.4 Å². The van der Waals surface area contributed by atoms with Gasteiger partial charge in [0.05, 0.1) is 24.3 Å². The molecule has 0 spiro atoms. The third-order valence-electron chi connectivity index (χ3n) is 4.96. The molecule has 0 aromatic carbocycles. The smallest absolute Gasteiger partial charge is 0.389 e. The van der Waals surface area contributed by atoms with Crippen molar-refractivity contribution < 1.29 is 36.2 Å². The summed E-state index contributed by atoms with van der Waals surface area (Å²) in [6, 6.07) is 6.71. The van der Waals surface area contributed by atoms with Gasteiger partial charge in [-0.1, -0.05) is 19.3 Å². The number of hydrogen-bond donors (Lipinski definition) is 1. The van der Waals surface area contributed by atoms with Crippen molar-refractivity contribution in [2.45, 2.75) is 89.4 Å². The predicted molar refractivity (Wildman–Crippen MR) is 108 cm³/mol. The Hall–Kier alpha value is -2.83. The van der Waals surface area contributed by atoms with Gasteiger partial charge in [-0.2, -0.15) is 47.4 Å². The lowest BCUT2D eigenvalue weighted by Gasteiger charge is -2.19. The molecule has 12 heteroatoms. The van der Waals surface area contributed by atoms with Crippen molar-refractivity contribution in [3.05, 3.63) is 0 Å². The zero-order valence-corrected chi connectivity index (χ0v) is 18.7. The molecule has 0 rings (SSSR count). The van der Waals surface area contributed by atoms with Crippen LogP contribution in [0.1, 0.15) is 77.0 Å². The Morgan fingerprint density at radius 3 is 1.26 bits per heavy atom. The Kier molecular flexibility index (Phi) is 16.4. The van der Waals surface area contributed by atoms with Crippen LogP contribution < -0.4 is 0 Å². The number of aldehydes is 1. The summed E-state index contributed by atoms with van der Waals surface area (Å²) in [4.78, 5) is 10.0. The van der Waals surface area contributed by atoms with Crippen LogP contribution in [0.15, 0.2) is 0 Å². The van der Waals surface area contributed by atoms with Crippen molar-refractivity contribution in [3.63, 3.8) is 0 Å². The topological polar surface area (TPSA) is 132 Å². The Morgan fingerprint density at radius 1 is 0.588 bits per heavy atom. The maximum absolute atomic E-state index is 12.0. The number of aliphatic hydroxyl groups is 1. The van der Waals surface area contributed by atoms with Crippen molar-refractivity contribution in [2.24, 2.45) is 10.8 Å². The number of nitrogens with zero attached hydrogens (tertiary/aromatic N) is 4. The molecular weight excluding hydrogens is 466 g/mol. The third kappa shape index (κ3) is 16.8. The number of hydrogen-bond acceptors (Lipinski definition) is 6. The van der Waals surface area contributed by atoms with Crippen molar-refractivity contribution >= 4 is 6.29 Å². The molecule has 0 aromatic heterocycles. The second-order valence-corrected chi connectivity index (χ2v) is 7.79. The quantitative estimate of drug-likeness (QED) is 0.178. The molecule has 190 valence electrons. The van der Waals surface area contributed by atoms with E-state index in [0.29, 0.717) is 44.8 Å². The van der Waals surface area contributed by atoms with Gasteiger partial charge in [-0.25, -0.2) is 0 Å². The van der Waals surface area contributed by atoms with Gasteiger partial charge in [-0.15, -0.1) is 0 Å². The van der Waals surface area contributed by atoms with E-state index in [9.17, 15) is 31.1 Å². The van der Waals surface area contributed by atoms with Crippen LogP contribution >= 0.6 is 0 Å². The van der Waals surface area contributed by atoms with Crippen LogP contribution in [0.2, 0.25) is 0 Å². The summed E-state index contributed by atoms with van der Waals surface area (Å²) in [5.41, 5.74) is -3.14. The zero-order chi connectivity index (χ0) is 26.7. The van der Waals surface area contributed by atoms with E-state index >= 15 is 0 Å². The molecule has 34 heavy (non-hydrogen) atoms. The van der Waals surface area contributed by atoms with Crippen LogP contribution in [0.4, 0.5) is 26.3 Å². The van der Waals surface area contributed by atoms with E-state index < -0.39 is 48.9 Å². The molecule has 0 atom stereocenters. The van der Waals surface area contributed by atoms with Crippen molar-refractivity contribution in [3.8, 4) is 24.3 Å². The maximum Gasteiger partial charge on any atom is 0.389 e. The molecule has 0 aliphatic rings. The Bertz CT molecular complexity index is 726. The first kappa shape index (κ1) is 33.3. The van der Waals surface area contributed by atoms with E-state index in [1.54, 1.807) is 24.3 Å². The maximum atomic E-state index is 12.0. The molecule has 6 nitrogen and oxygen atoms in total. The van der Waals surface area contributed by atoms with Crippen molar-refractivity contribution in [1.29, 1.82) is 21.0 Å². The largest absolute Gasteiger partial charge is 0.396 e. The molecule has 0 amide bonds. The summed E-state index contributed by atoms with van der Waals surface area (Å²) in [7, 11) is 0. The monoisotopic (exact) mass is 494 g/mol. The summed E-state index contributed by atoms with van der Waals surface area (Å²) >= 11 is 0. The van der Waals surface area contributed by atoms with Crippen LogP contribution in [-0.2, 0) is 4.79 Å². The third-order valence-corrected chi connectivity index (χ3v) is 4.96. The lowest BCUT2D eigenvalue weighted by atomic mass is 9.81. The number of alkyl halides is 6. The number of unbranched alkanes of at least 4 members (excludes halogenated alkanes) is 4. The van der Waals surface area contributed by atoms with E-state index in [1.165, 1.54) is 0 Å². The fourth-order valence-corrected chi connectivity index (χ4v) is 2.83. The fraction of sp³-hybridized carbons (Fsp3) is 0.773. The highest BCUT2D eigenvalue weighted by Gasteiger charge is 2.37. The highest BCUT2D eigenvalue weighted by molar-refractivity contribution is 5.48. The van der Waals surface area contributed by atoms with Crippen LogP contribution in [0, 0.1) is 56.2 Å². The van der Waals surface area contributed by atoms with Gasteiger partial charge in [0.1, 0.15) is 17.1 Å². The summed E-state index contributed by atoms with van der Waals surface area (Å²) in [5, 5.41) is 43.9. The highest BCUT2D eigenvalue weighted by Crippen LogP contribution is 2.35. The van der Waals surface area contributed by atoms with Crippen LogP contribution in [0.5, 0.6) is 0 Å². The fourth-order valence-electron chi connectivity index (χ4n) is 2.83. The molecule has 0 unspecified atom stereocenters. The second-order valence-electron chi connectivity index (χ2n) is 7.79. The SMILES string of the molecule is N#CC(C#N)(CCCCC=O)CCC(F)(F)F.N#CC(C#N)(CCCCCO)CCC(F)(F)F. The molecule has 0 saturated carbocycles. The average molecular weight is 494 g/mol. The summed E-state index contributed by atoms with van der Waals surface area (Å²) in [6.07, 6.45) is -8.25. The van der Waals surface area contributed by atoms with Gasteiger partial charge >= 0.3 is 12.4 Å².